The summed E-state index contributed by atoms with van der Waals surface area (Å²) < 4.78 is 1.85. The Labute approximate surface area is 166 Å². The number of aryl methyl sites for hydroxylation is 2. The number of carboxylic acid groups (broad SMARTS) is 1. The smallest absolute Gasteiger partial charge is 0.315 e. The molecule has 3 N–H and O–H groups in total. The van der Waals surface area contributed by atoms with Crippen LogP contribution in [-0.4, -0.2) is 39.0 Å². The van der Waals surface area contributed by atoms with Crippen molar-refractivity contribution in [2.24, 2.45) is 7.05 Å². The molecule has 0 aliphatic carbocycles. The number of carboxylic acids is 1. The molecule has 0 aliphatic heterocycles. The first-order chi connectivity index (χ1) is 13.3. The molecule has 7 nitrogen and oxygen atoms in total. The summed E-state index contributed by atoms with van der Waals surface area (Å²) in [6.07, 6.45) is 1.68. The van der Waals surface area contributed by atoms with Gasteiger partial charge in [-0.2, -0.15) is 5.10 Å². The Hall–Kier alpha value is -2.83. The Morgan fingerprint density at radius 2 is 1.82 bits per heavy atom. The molecule has 2 atom stereocenters. The fourth-order valence-electron chi connectivity index (χ4n) is 3.34. The van der Waals surface area contributed by atoms with Crippen LogP contribution in [0.1, 0.15) is 42.3 Å². The minimum atomic E-state index is -0.865. The zero-order chi connectivity index (χ0) is 20.7. The van der Waals surface area contributed by atoms with Gasteiger partial charge in [0.15, 0.2) is 0 Å². The van der Waals surface area contributed by atoms with Gasteiger partial charge in [-0.3, -0.25) is 9.48 Å². The molecule has 7 heteroatoms. The summed E-state index contributed by atoms with van der Waals surface area (Å²) in [5, 5.41) is 19.3. The third-order valence-corrected chi connectivity index (χ3v) is 4.91. The van der Waals surface area contributed by atoms with Crippen molar-refractivity contribution in [2.75, 3.05) is 0 Å². The molecule has 2 unspecified atom stereocenters. The van der Waals surface area contributed by atoms with Crippen molar-refractivity contribution in [3.05, 3.63) is 52.8 Å². The number of rotatable bonds is 9. The van der Waals surface area contributed by atoms with Gasteiger partial charge in [0.2, 0.25) is 0 Å². The lowest BCUT2D eigenvalue weighted by atomic mass is 10.0. The third kappa shape index (κ3) is 6.40. The molecule has 1 aromatic carbocycles. The molecule has 2 amide bonds. The monoisotopic (exact) mass is 386 g/mol. The number of hydrogen-bond donors (Lipinski definition) is 3. The summed E-state index contributed by atoms with van der Waals surface area (Å²) in [5.41, 5.74) is 4.27. The van der Waals surface area contributed by atoms with Gasteiger partial charge in [0.25, 0.3) is 0 Å². The summed E-state index contributed by atoms with van der Waals surface area (Å²) in [4.78, 5) is 23.4. The molecule has 2 rings (SSSR count). The number of hydrogen-bond acceptors (Lipinski definition) is 3. The summed E-state index contributed by atoms with van der Waals surface area (Å²) in [6, 6.07) is 9.16. The molecule has 2 aromatic rings. The molecule has 152 valence electrons. The van der Waals surface area contributed by atoms with E-state index in [0.29, 0.717) is 19.3 Å². The third-order valence-electron chi connectivity index (χ3n) is 4.91. The topological polar surface area (TPSA) is 96.3 Å². The highest BCUT2D eigenvalue weighted by atomic mass is 16.4. The van der Waals surface area contributed by atoms with Crippen molar-refractivity contribution in [3.8, 4) is 0 Å². The maximum atomic E-state index is 12.5. The zero-order valence-electron chi connectivity index (χ0n) is 17.0. The van der Waals surface area contributed by atoms with Gasteiger partial charge in [-0.15, -0.1) is 0 Å². The maximum Gasteiger partial charge on any atom is 0.315 e. The minimum absolute atomic E-state index is 0.0153. The van der Waals surface area contributed by atoms with Gasteiger partial charge in [-0.05, 0) is 51.2 Å². The second-order valence-electron chi connectivity index (χ2n) is 7.32. The molecule has 0 saturated carbocycles. The lowest BCUT2D eigenvalue weighted by molar-refractivity contribution is -0.137. The maximum absolute atomic E-state index is 12.5. The highest BCUT2D eigenvalue weighted by molar-refractivity contribution is 5.74. The Balaban J connectivity index is 1.94. The van der Waals surface area contributed by atoms with Crippen LogP contribution in [-0.2, 0) is 24.7 Å². The molecule has 28 heavy (non-hydrogen) atoms. The highest BCUT2D eigenvalue weighted by Crippen LogP contribution is 2.14. The van der Waals surface area contributed by atoms with Crippen LogP contribution < -0.4 is 10.6 Å². The van der Waals surface area contributed by atoms with Gasteiger partial charge in [-0.25, -0.2) is 4.79 Å². The average molecular weight is 386 g/mol. The van der Waals surface area contributed by atoms with E-state index < -0.39 is 5.97 Å². The van der Waals surface area contributed by atoms with Crippen LogP contribution in [0.3, 0.4) is 0 Å². The molecule has 0 radical (unpaired) electrons. The fraction of sp³-hybridized carbons (Fsp3) is 0.476. The van der Waals surface area contributed by atoms with Crippen molar-refractivity contribution in [1.82, 2.24) is 20.4 Å². The summed E-state index contributed by atoms with van der Waals surface area (Å²) in [6.45, 7) is 5.94. The molecule has 0 bridgehead atoms. The van der Waals surface area contributed by atoms with E-state index >= 15 is 0 Å². The number of aromatic nitrogens is 2. The largest absolute Gasteiger partial charge is 0.481 e. The Kier molecular flexibility index (Phi) is 7.61. The first kappa shape index (κ1) is 21.5. The minimum Gasteiger partial charge on any atom is -0.481 e. The van der Waals surface area contributed by atoms with Crippen molar-refractivity contribution >= 4 is 12.0 Å². The van der Waals surface area contributed by atoms with Crippen LogP contribution in [0.5, 0.6) is 0 Å². The molecule has 0 saturated heterocycles. The quantitative estimate of drug-likeness (QED) is 0.617. The van der Waals surface area contributed by atoms with E-state index in [9.17, 15) is 9.59 Å². The molecule has 0 fully saturated rings. The number of benzene rings is 1. The first-order valence-electron chi connectivity index (χ1n) is 9.58. The van der Waals surface area contributed by atoms with E-state index in [-0.39, 0.29) is 24.5 Å². The van der Waals surface area contributed by atoms with Crippen molar-refractivity contribution in [2.45, 2.75) is 58.5 Å². The molecular weight excluding hydrogens is 356 g/mol. The number of urea groups is 1. The van der Waals surface area contributed by atoms with Gasteiger partial charge in [0.05, 0.1) is 5.69 Å². The van der Waals surface area contributed by atoms with Crippen LogP contribution >= 0.6 is 0 Å². The van der Waals surface area contributed by atoms with Crippen molar-refractivity contribution < 1.29 is 14.7 Å². The van der Waals surface area contributed by atoms with Crippen molar-refractivity contribution in [1.29, 1.82) is 0 Å². The molecule has 1 aromatic heterocycles. The predicted octanol–water partition coefficient (Wildman–Crippen LogP) is 2.74. The predicted molar refractivity (Wildman–Crippen MR) is 108 cm³/mol. The number of amides is 2. The standard InChI is InChI=1S/C21H30N4O3/c1-14(12-19-15(2)24-25(4)16(19)3)22-21(28)23-18(10-11-20(26)27)13-17-8-6-5-7-9-17/h5-9,14,18H,10-13H2,1-4H3,(H,26,27)(H2,22,23,28). The van der Waals surface area contributed by atoms with Gasteiger partial charge >= 0.3 is 12.0 Å². The number of nitrogens with one attached hydrogen (secondary N) is 2. The van der Waals surface area contributed by atoms with Crippen LogP contribution in [0.25, 0.3) is 0 Å². The van der Waals surface area contributed by atoms with Crippen LogP contribution in [0, 0.1) is 13.8 Å². The van der Waals surface area contributed by atoms with E-state index in [4.69, 9.17) is 5.11 Å². The van der Waals surface area contributed by atoms with E-state index in [1.165, 1.54) is 0 Å². The van der Waals surface area contributed by atoms with Gasteiger partial charge in [-0.1, -0.05) is 30.3 Å². The Morgan fingerprint density at radius 3 is 2.39 bits per heavy atom. The van der Waals surface area contributed by atoms with Crippen LogP contribution in [0.4, 0.5) is 4.79 Å². The van der Waals surface area contributed by atoms with E-state index in [1.807, 2.05) is 62.8 Å². The number of aliphatic carboxylic acids is 1. The second kappa shape index (κ2) is 9.92. The highest BCUT2D eigenvalue weighted by Gasteiger charge is 2.18. The van der Waals surface area contributed by atoms with Gasteiger partial charge < -0.3 is 15.7 Å². The summed E-state index contributed by atoms with van der Waals surface area (Å²) >= 11 is 0. The molecule has 1 heterocycles. The lowest BCUT2D eigenvalue weighted by Gasteiger charge is -2.21. The zero-order valence-corrected chi connectivity index (χ0v) is 17.0. The van der Waals surface area contributed by atoms with E-state index in [0.717, 1.165) is 22.5 Å². The average Bonchev–Trinajstić information content (AvgIpc) is 2.86. The number of nitrogens with zero attached hydrogens (tertiary/aromatic N) is 2. The van der Waals surface area contributed by atoms with Crippen LogP contribution in [0.15, 0.2) is 30.3 Å². The van der Waals surface area contributed by atoms with Crippen LogP contribution in [0.2, 0.25) is 0 Å². The first-order valence-corrected chi connectivity index (χ1v) is 9.58. The SMILES string of the molecule is Cc1nn(C)c(C)c1CC(C)NC(=O)NC(CCC(=O)O)Cc1ccccc1. The fourth-order valence-corrected chi connectivity index (χ4v) is 3.34. The Morgan fingerprint density at radius 1 is 1.14 bits per heavy atom. The lowest BCUT2D eigenvalue weighted by Crippen LogP contribution is -2.47. The van der Waals surface area contributed by atoms with Gasteiger partial charge in [0.1, 0.15) is 0 Å². The second-order valence-corrected chi connectivity index (χ2v) is 7.32. The summed E-state index contributed by atoms with van der Waals surface area (Å²) in [7, 11) is 1.91. The summed E-state index contributed by atoms with van der Waals surface area (Å²) in [5.74, 6) is -0.865. The van der Waals surface area contributed by atoms with E-state index in [1.54, 1.807) is 0 Å². The van der Waals surface area contributed by atoms with Gasteiger partial charge in [0, 0.05) is 31.2 Å². The molecule has 0 spiro atoms. The van der Waals surface area contributed by atoms with E-state index in [2.05, 4.69) is 15.7 Å². The number of carbonyl (C=O) groups excluding carboxylic acids is 1. The Bertz CT molecular complexity index is 801. The number of carbonyl (C=O) groups is 2. The normalized spacial score (nSPS) is 13.0. The molecular formula is C21H30N4O3. The van der Waals surface area contributed by atoms with Crippen molar-refractivity contribution in [3.63, 3.8) is 0 Å². The molecule has 0 aliphatic rings.